The molecule has 0 radical (unpaired) electrons. The molecule has 1 amide bonds. The number of carbonyl (C=O) groups excluding carboxylic acids is 1. The number of likely N-dealkylation sites (tertiary alicyclic amines) is 1. The number of nitrogens with one attached hydrogen (secondary N) is 2. The predicted molar refractivity (Wildman–Crippen MR) is 83.0 cm³/mol. The average Bonchev–Trinajstić information content (AvgIpc) is 3.07. The molecule has 3 heterocycles. The van der Waals surface area contributed by atoms with Crippen molar-refractivity contribution in [3.05, 3.63) is 18.0 Å². The number of nitrogens with zero attached hydrogens (tertiary/aromatic N) is 2. The first-order valence-corrected chi connectivity index (χ1v) is 6.94. The molecular weight excluding hydrogens is 337 g/mol. The van der Waals surface area contributed by atoms with Crippen molar-refractivity contribution in [3.8, 4) is 0 Å². The third-order valence-corrected chi connectivity index (χ3v) is 4.21. The lowest BCUT2D eigenvalue weighted by atomic mass is 9.91. The Balaban J connectivity index is 0.00000121. The summed E-state index contributed by atoms with van der Waals surface area (Å²) in [5, 5.41) is 9.35. The highest BCUT2D eigenvalue weighted by Crippen LogP contribution is 2.30. The fraction of sp³-hybridized carbons (Fsp3) is 0.692. The second-order valence-corrected chi connectivity index (χ2v) is 5.62. The van der Waals surface area contributed by atoms with Gasteiger partial charge in [0.1, 0.15) is 0 Å². The largest absolute Gasteiger partial charge is 0.341 e. The molecule has 0 aromatic carbocycles. The van der Waals surface area contributed by atoms with E-state index in [-0.39, 0.29) is 37.1 Å². The minimum atomic E-state index is -2.75. The van der Waals surface area contributed by atoms with Gasteiger partial charge in [-0.15, -0.1) is 24.8 Å². The molecular formula is C13H20Cl2F2N4O. The highest BCUT2D eigenvalue weighted by atomic mass is 35.5. The van der Waals surface area contributed by atoms with E-state index in [1.54, 1.807) is 11.1 Å². The molecule has 1 atom stereocenters. The highest BCUT2D eigenvalue weighted by molar-refractivity contribution is 5.85. The second-order valence-electron chi connectivity index (χ2n) is 5.62. The molecule has 3 rings (SSSR count). The highest BCUT2D eigenvalue weighted by Gasteiger charge is 2.43. The number of H-pyrrole nitrogens is 1. The van der Waals surface area contributed by atoms with Crippen molar-refractivity contribution in [2.24, 2.45) is 0 Å². The molecule has 1 aromatic heterocycles. The van der Waals surface area contributed by atoms with Crippen LogP contribution in [0.25, 0.3) is 0 Å². The molecule has 2 saturated heterocycles. The summed E-state index contributed by atoms with van der Waals surface area (Å²) in [6.07, 6.45) is 5.01. The second kappa shape index (κ2) is 7.57. The fourth-order valence-electron chi connectivity index (χ4n) is 3.03. The Bertz CT molecular complexity index is 478. The van der Waals surface area contributed by atoms with Crippen molar-refractivity contribution in [3.63, 3.8) is 0 Å². The number of rotatable bonds is 2. The van der Waals surface area contributed by atoms with Crippen molar-refractivity contribution >= 4 is 30.7 Å². The van der Waals surface area contributed by atoms with Crippen LogP contribution in [0.3, 0.4) is 0 Å². The quantitative estimate of drug-likeness (QED) is 0.851. The lowest BCUT2D eigenvalue weighted by Gasteiger charge is -2.33. The maximum absolute atomic E-state index is 13.1. The van der Waals surface area contributed by atoms with Crippen LogP contribution in [0.2, 0.25) is 0 Å². The molecule has 2 N–H and O–H groups in total. The SMILES string of the molecule is Cl.Cl.O=C(C1CC(F)(F)CN1)N1CCC(c2cn[nH]c2)CC1. The van der Waals surface area contributed by atoms with Crippen LogP contribution in [0.15, 0.2) is 12.4 Å². The Morgan fingerprint density at radius 1 is 1.32 bits per heavy atom. The number of hydrogen-bond donors (Lipinski definition) is 2. The summed E-state index contributed by atoms with van der Waals surface area (Å²) >= 11 is 0. The van der Waals surface area contributed by atoms with Crippen molar-refractivity contribution < 1.29 is 13.6 Å². The number of piperidine rings is 1. The zero-order valence-electron chi connectivity index (χ0n) is 11.9. The van der Waals surface area contributed by atoms with Gasteiger partial charge < -0.3 is 4.90 Å². The van der Waals surface area contributed by atoms with Crippen molar-refractivity contribution in [1.82, 2.24) is 20.4 Å². The maximum atomic E-state index is 13.1. The Hall–Kier alpha value is -0.920. The predicted octanol–water partition coefficient (Wildman–Crippen LogP) is 1.96. The average molecular weight is 357 g/mol. The van der Waals surface area contributed by atoms with E-state index in [0.717, 1.165) is 18.4 Å². The van der Waals surface area contributed by atoms with Crippen LogP contribution in [0, 0.1) is 0 Å². The molecule has 1 aromatic rings. The summed E-state index contributed by atoms with van der Waals surface area (Å²) in [6.45, 7) is 0.853. The van der Waals surface area contributed by atoms with E-state index in [2.05, 4.69) is 15.5 Å². The van der Waals surface area contributed by atoms with Crippen LogP contribution in [0.5, 0.6) is 0 Å². The molecule has 0 spiro atoms. The van der Waals surface area contributed by atoms with Gasteiger partial charge in [0.05, 0.1) is 18.8 Å². The topological polar surface area (TPSA) is 61.0 Å². The number of amides is 1. The molecule has 0 bridgehead atoms. The lowest BCUT2D eigenvalue weighted by molar-refractivity contribution is -0.134. The van der Waals surface area contributed by atoms with E-state index in [1.165, 1.54) is 0 Å². The molecule has 0 aliphatic carbocycles. The molecule has 9 heteroatoms. The molecule has 0 saturated carbocycles. The molecule has 5 nitrogen and oxygen atoms in total. The van der Waals surface area contributed by atoms with Gasteiger partial charge in [0.25, 0.3) is 5.92 Å². The summed E-state index contributed by atoms with van der Waals surface area (Å²) in [4.78, 5) is 13.9. The molecule has 2 aliphatic rings. The summed E-state index contributed by atoms with van der Waals surface area (Å²) < 4.78 is 26.3. The van der Waals surface area contributed by atoms with Gasteiger partial charge in [0, 0.05) is 25.7 Å². The smallest absolute Gasteiger partial charge is 0.262 e. The first-order valence-electron chi connectivity index (χ1n) is 6.94. The van der Waals surface area contributed by atoms with Gasteiger partial charge in [-0.2, -0.15) is 5.10 Å². The van der Waals surface area contributed by atoms with Crippen molar-refractivity contribution in [1.29, 1.82) is 0 Å². The van der Waals surface area contributed by atoms with E-state index >= 15 is 0 Å². The zero-order chi connectivity index (χ0) is 14.2. The Kier molecular flexibility index (Phi) is 6.58. The van der Waals surface area contributed by atoms with Gasteiger partial charge in [-0.05, 0) is 24.3 Å². The minimum absolute atomic E-state index is 0. The van der Waals surface area contributed by atoms with Gasteiger partial charge in [0.2, 0.25) is 5.91 Å². The normalized spacial score (nSPS) is 24.5. The number of aromatic amines is 1. The molecule has 1 unspecified atom stereocenters. The van der Waals surface area contributed by atoms with E-state index in [9.17, 15) is 13.6 Å². The summed E-state index contributed by atoms with van der Waals surface area (Å²) in [6, 6.07) is -0.726. The third-order valence-electron chi connectivity index (χ3n) is 4.21. The van der Waals surface area contributed by atoms with E-state index in [1.807, 2.05) is 6.20 Å². The monoisotopic (exact) mass is 356 g/mol. The van der Waals surface area contributed by atoms with E-state index < -0.39 is 18.5 Å². The van der Waals surface area contributed by atoms with Crippen LogP contribution >= 0.6 is 24.8 Å². The number of alkyl halides is 2. The number of halogens is 4. The first kappa shape index (κ1) is 19.1. The van der Waals surface area contributed by atoms with Crippen LogP contribution in [-0.4, -0.2) is 52.6 Å². The van der Waals surface area contributed by atoms with Gasteiger partial charge in [-0.3, -0.25) is 15.2 Å². The Labute approximate surface area is 140 Å². The molecule has 2 fully saturated rings. The van der Waals surface area contributed by atoms with Crippen molar-refractivity contribution in [2.45, 2.75) is 37.1 Å². The van der Waals surface area contributed by atoms with Gasteiger partial charge in [0.15, 0.2) is 0 Å². The number of aromatic nitrogens is 2. The summed E-state index contributed by atoms with van der Waals surface area (Å²) in [7, 11) is 0. The third kappa shape index (κ3) is 4.08. The standard InChI is InChI=1S/C13H18F2N4O.2ClH/c14-13(15)5-11(16-8-13)12(20)19-3-1-9(2-4-19)10-6-17-18-7-10;;/h6-7,9,11,16H,1-5,8H2,(H,17,18);2*1H. The molecule has 2 aliphatic heterocycles. The molecule has 126 valence electrons. The Morgan fingerprint density at radius 2 is 2.00 bits per heavy atom. The lowest BCUT2D eigenvalue weighted by Crippen LogP contribution is -2.46. The zero-order valence-corrected chi connectivity index (χ0v) is 13.6. The van der Waals surface area contributed by atoms with Crippen LogP contribution in [-0.2, 0) is 4.79 Å². The molecule has 22 heavy (non-hydrogen) atoms. The van der Waals surface area contributed by atoms with Crippen LogP contribution in [0.4, 0.5) is 8.78 Å². The number of carbonyl (C=O) groups is 1. The van der Waals surface area contributed by atoms with Crippen LogP contribution in [0.1, 0.15) is 30.7 Å². The minimum Gasteiger partial charge on any atom is -0.341 e. The first-order chi connectivity index (χ1) is 9.55. The number of hydrogen-bond acceptors (Lipinski definition) is 3. The van der Waals surface area contributed by atoms with Gasteiger partial charge in [-0.1, -0.05) is 0 Å². The van der Waals surface area contributed by atoms with Crippen molar-refractivity contribution in [2.75, 3.05) is 19.6 Å². The summed E-state index contributed by atoms with van der Waals surface area (Å²) in [5.74, 6) is -2.54. The Morgan fingerprint density at radius 3 is 2.50 bits per heavy atom. The van der Waals surface area contributed by atoms with Gasteiger partial charge in [-0.25, -0.2) is 8.78 Å². The van der Waals surface area contributed by atoms with E-state index in [4.69, 9.17) is 0 Å². The van der Waals surface area contributed by atoms with E-state index in [0.29, 0.717) is 19.0 Å². The van der Waals surface area contributed by atoms with Crippen LogP contribution < -0.4 is 5.32 Å². The van der Waals surface area contributed by atoms with Gasteiger partial charge >= 0.3 is 0 Å². The summed E-state index contributed by atoms with van der Waals surface area (Å²) in [5.41, 5.74) is 1.16. The maximum Gasteiger partial charge on any atom is 0.262 e. The fourth-order valence-corrected chi connectivity index (χ4v) is 3.03.